The summed E-state index contributed by atoms with van der Waals surface area (Å²) < 4.78 is 17.4. The number of benzene rings is 2. The van der Waals surface area contributed by atoms with E-state index in [9.17, 15) is 4.79 Å². The molecule has 0 N–H and O–H groups in total. The number of carbonyl (C=O) groups excluding carboxylic acids is 1. The average Bonchev–Trinajstić information content (AvgIpc) is 3.23. The largest absolute Gasteiger partial charge is 0.454 e. The molecular formula is C23H21ClN4O4S. The topological polar surface area (TPSA) is 86.7 Å². The molecule has 0 fully saturated rings. The van der Waals surface area contributed by atoms with Crippen molar-refractivity contribution in [1.82, 2.24) is 15.2 Å². The van der Waals surface area contributed by atoms with E-state index in [2.05, 4.69) is 22.1 Å². The molecular weight excluding hydrogens is 464 g/mol. The van der Waals surface area contributed by atoms with Gasteiger partial charge in [-0.2, -0.15) is 4.98 Å². The van der Waals surface area contributed by atoms with Crippen LogP contribution in [0.2, 0.25) is 5.02 Å². The van der Waals surface area contributed by atoms with Gasteiger partial charge in [0.25, 0.3) is 0 Å². The summed E-state index contributed by atoms with van der Waals surface area (Å²) in [7, 11) is 0. The number of hydrogen-bond donors (Lipinski definition) is 0. The molecule has 0 aliphatic carbocycles. The van der Waals surface area contributed by atoms with Gasteiger partial charge in [-0.1, -0.05) is 55.4 Å². The highest BCUT2D eigenvalue weighted by Gasteiger charge is 2.37. The molecule has 0 bridgehead atoms. The number of anilines is 1. The molecule has 33 heavy (non-hydrogen) atoms. The Morgan fingerprint density at radius 3 is 2.76 bits per heavy atom. The molecule has 0 unspecified atom stereocenters. The van der Waals surface area contributed by atoms with Crippen LogP contribution in [0, 0.1) is 0 Å². The van der Waals surface area contributed by atoms with Crippen molar-refractivity contribution in [3.8, 4) is 28.6 Å². The lowest BCUT2D eigenvalue weighted by Crippen LogP contribution is -2.37. The van der Waals surface area contributed by atoms with Gasteiger partial charge < -0.3 is 14.2 Å². The minimum absolute atomic E-state index is 0.110. The molecule has 0 saturated heterocycles. The molecule has 1 amide bonds. The second-order valence-corrected chi connectivity index (χ2v) is 8.90. The van der Waals surface area contributed by atoms with Crippen LogP contribution >= 0.6 is 23.4 Å². The van der Waals surface area contributed by atoms with Crippen LogP contribution in [0.15, 0.2) is 41.6 Å². The molecule has 5 rings (SSSR count). The Morgan fingerprint density at radius 2 is 1.97 bits per heavy atom. The quantitative estimate of drug-likeness (QED) is 0.453. The number of fused-ring (bicyclic) bond motifs is 4. The van der Waals surface area contributed by atoms with Crippen molar-refractivity contribution in [2.75, 3.05) is 17.4 Å². The van der Waals surface area contributed by atoms with Crippen LogP contribution in [0.5, 0.6) is 17.4 Å². The first-order chi connectivity index (χ1) is 16.1. The van der Waals surface area contributed by atoms with Crippen LogP contribution < -0.4 is 19.1 Å². The number of nitrogens with zero attached hydrogens (tertiary/aromatic N) is 4. The molecule has 0 radical (unpaired) electrons. The first kappa shape index (κ1) is 21.8. The normalized spacial score (nSPS) is 16.0. The fourth-order valence-corrected chi connectivity index (χ4v) is 4.61. The van der Waals surface area contributed by atoms with E-state index in [4.69, 9.17) is 25.8 Å². The summed E-state index contributed by atoms with van der Waals surface area (Å²) in [5.74, 6) is 2.10. The SMILES string of the molecule is CCCSc1nnc2c(n1)O[C@@H](c1cc3c(cc1Cl)OCO3)N(C(=O)CC)c1ccccc1-2. The van der Waals surface area contributed by atoms with E-state index in [0.29, 0.717) is 50.1 Å². The Hall–Kier alpha value is -3.04. The second kappa shape index (κ2) is 9.07. The fourth-order valence-electron chi connectivity index (χ4n) is 3.73. The van der Waals surface area contributed by atoms with E-state index in [1.165, 1.54) is 11.8 Å². The number of ether oxygens (including phenoxy) is 3. The minimum Gasteiger partial charge on any atom is -0.454 e. The molecule has 1 aromatic heterocycles. The molecule has 10 heteroatoms. The molecule has 1 atom stereocenters. The molecule has 0 saturated carbocycles. The summed E-state index contributed by atoms with van der Waals surface area (Å²) in [6.07, 6.45) is 0.356. The van der Waals surface area contributed by atoms with Gasteiger partial charge >= 0.3 is 0 Å². The van der Waals surface area contributed by atoms with E-state index in [1.54, 1.807) is 24.0 Å². The van der Waals surface area contributed by atoms with Crippen LogP contribution in [0.3, 0.4) is 0 Å². The Bertz CT molecular complexity index is 1230. The van der Waals surface area contributed by atoms with Gasteiger partial charge in [-0.25, -0.2) is 0 Å². The van der Waals surface area contributed by atoms with Crippen LogP contribution in [-0.2, 0) is 4.79 Å². The Balaban J connectivity index is 1.71. The highest BCUT2D eigenvalue weighted by molar-refractivity contribution is 7.99. The van der Waals surface area contributed by atoms with Crippen molar-refractivity contribution >= 4 is 35.0 Å². The number of rotatable bonds is 5. The molecule has 8 nitrogen and oxygen atoms in total. The first-order valence-corrected chi connectivity index (χ1v) is 12.0. The third-order valence-electron chi connectivity index (χ3n) is 5.28. The Morgan fingerprint density at radius 1 is 1.18 bits per heavy atom. The summed E-state index contributed by atoms with van der Waals surface area (Å²) in [4.78, 5) is 19.5. The highest BCUT2D eigenvalue weighted by atomic mass is 35.5. The van der Waals surface area contributed by atoms with Crippen molar-refractivity contribution in [2.24, 2.45) is 0 Å². The summed E-state index contributed by atoms with van der Waals surface area (Å²) >= 11 is 8.16. The maximum Gasteiger partial charge on any atom is 0.247 e. The molecule has 2 aromatic carbocycles. The number of aromatic nitrogens is 3. The number of para-hydroxylation sites is 1. The zero-order chi connectivity index (χ0) is 22.9. The van der Waals surface area contributed by atoms with Gasteiger partial charge in [0.2, 0.25) is 30.0 Å². The predicted molar refractivity (Wildman–Crippen MR) is 125 cm³/mol. The summed E-state index contributed by atoms with van der Waals surface area (Å²) in [6.45, 7) is 4.00. The maximum atomic E-state index is 13.3. The first-order valence-electron chi connectivity index (χ1n) is 10.6. The predicted octanol–water partition coefficient (Wildman–Crippen LogP) is 5.26. The van der Waals surface area contributed by atoms with Gasteiger partial charge in [-0.3, -0.25) is 9.69 Å². The molecule has 2 aliphatic rings. The van der Waals surface area contributed by atoms with Gasteiger partial charge in [-0.05, 0) is 18.6 Å². The van der Waals surface area contributed by atoms with Crippen molar-refractivity contribution in [3.05, 3.63) is 47.0 Å². The van der Waals surface area contributed by atoms with Crippen molar-refractivity contribution < 1.29 is 19.0 Å². The van der Waals surface area contributed by atoms with E-state index in [0.717, 1.165) is 12.2 Å². The van der Waals surface area contributed by atoms with E-state index < -0.39 is 6.23 Å². The number of halogens is 1. The third-order valence-corrected chi connectivity index (χ3v) is 6.65. The number of thioether (sulfide) groups is 1. The van der Waals surface area contributed by atoms with Gasteiger partial charge in [0.1, 0.15) is 0 Å². The van der Waals surface area contributed by atoms with Gasteiger partial charge in [-0.15, -0.1) is 10.2 Å². The Kier molecular flexibility index (Phi) is 5.99. The van der Waals surface area contributed by atoms with Gasteiger partial charge in [0.15, 0.2) is 17.2 Å². The standard InChI is InChI=1S/C23H21ClN4O4S/c1-3-9-33-23-25-21-20(26-27-23)13-7-5-6-8-16(13)28(19(29)4-2)22(32-21)14-10-17-18(11-15(14)24)31-12-30-17/h5-8,10-11,22H,3-4,9,12H2,1-2H3/t22-/m0/s1. The minimum atomic E-state index is -0.887. The lowest BCUT2D eigenvalue weighted by Gasteiger charge is -2.31. The summed E-state index contributed by atoms with van der Waals surface area (Å²) in [5.41, 5.74) is 2.39. The lowest BCUT2D eigenvalue weighted by molar-refractivity contribution is -0.120. The van der Waals surface area contributed by atoms with Crippen molar-refractivity contribution in [1.29, 1.82) is 0 Å². The van der Waals surface area contributed by atoms with Crippen LogP contribution in [0.1, 0.15) is 38.5 Å². The van der Waals surface area contributed by atoms with Crippen molar-refractivity contribution in [2.45, 2.75) is 38.1 Å². The van der Waals surface area contributed by atoms with Crippen LogP contribution in [-0.4, -0.2) is 33.6 Å². The second-order valence-electron chi connectivity index (χ2n) is 7.43. The fraction of sp³-hybridized carbons (Fsp3) is 0.304. The monoisotopic (exact) mass is 484 g/mol. The zero-order valence-electron chi connectivity index (χ0n) is 18.1. The molecule has 170 valence electrons. The number of amides is 1. The van der Waals surface area contributed by atoms with Crippen LogP contribution in [0.25, 0.3) is 11.3 Å². The van der Waals surface area contributed by atoms with Crippen LogP contribution in [0.4, 0.5) is 5.69 Å². The van der Waals surface area contributed by atoms with E-state index in [1.807, 2.05) is 24.3 Å². The van der Waals surface area contributed by atoms with E-state index in [-0.39, 0.29) is 19.1 Å². The average molecular weight is 485 g/mol. The smallest absolute Gasteiger partial charge is 0.247 e. The summed E-state index contributed by atoms with van der Waals surface area (Å²) in [6, 6.07) is 10.9. The molecule has 2 aliphatic heterocycles. The maximum absolute atomic E-state index is 13.3. The summed E-state index contributed by atoms with van der Waals surface area (Å²) in [5, 5.41) is 9.61. The van der Waals surface area contributed by atoms with E-state index >= 15 is 0 Å². The number of carbonyl (C=O) groups is 1. The molecule has 0 spiro atoms. The molecule has 3 heterocycles. The molecule has 3 aromatic rings. The van der Waals surface area contributed by atoms with Crippen molar-refractivity contribution in [3.63, 3.8) is 0 Å². The van der Waals surface area contributed by atoms with Gasteiger partial charge in [0.05, 0.1) is 10.7 Å². The highest BCUT2D eigenvalue weighted by Crippen LogP contribution is 2.47. The van der Waals surface area contributed by atoms with Gasteiger partial charge in [0, 0.05) is 29.4 Å². The zero-order valence-corrected chi connectivity index (χ0v) is 19.7. The number of hydrogen-bond acceptors (Lipinski definition) is 8. The Labute approximate surface area is 200 Å². The third kappa shape index (κ3) is 3.95. The lowest BCUT2D eigenvalue weighted by atomic mass is 10.1.